The van der Waals surface area contributed by atoms with Gasteiger partial charge in [-0.3, -0.25) is 4.79 Å². The summed E-state index contributed by atoms with van der Waals surface area (Å²) >= 11 is 0. The number of hydrogen-bond donors (Lipinski definition) is 4. The Morgan fingerprint density at radius 1 is 0.938 bits per heavy atom. The van der Waals surface area contributed by atoms with Gasteiger partial charge in [-0.15, -0.1) is 0 Å². The monoisotopic (exact) mass is 442 g/mol. The SMILES string of the molecule is CN(C)CCNC(=O)C(Cc1ccc(O)cc1)NC(=O)N(CCO)CCc1ccccc1. The van der Waals surface area contributed by atoms with Gasteiger partial charge < -0.3 is 30.6 Å². The van der Waals surface area contributed by atoms with Crippen molar-refractivity contribution in [2.45, 2.75) is 18.9 Å². The van der Waals surface area contributed by atoms with E-state index in [4.69, 9.17) is 0 Å². The molecule has 0 saturated carbocycles. The number of phenolic OH excluding ortho intramolecular Hbond substituents is 1. The number of rotatable bonds is 12. The molecule has 2 aromatic carbocycles. The molecule has 0 spiro atoms. The fraction of sp³-hybridized carbons (Fsp3) is 0.417. The number of aliphatic hydroxyl groups is 1. The van der Waals surface area contributed by atoms with Gasteiger partial charge in [0.1, 0.15) is 11.8 Å². The Bertz CT molecular complexity index is 828. The standard InChI is InChI=1S/C24H34N4O4/c1-27(2)15-13-25-23(31)22(18-20-8-10-21(30)11-9-20)26-24(32)28(16-17-29)14-12-19-6-4-3-5-7-19/h3-11,22,29-30H,12-18H2,1-2H3,(H,25,31)(H,26,32). The minimum absolute atomic E-state index is 0.139. The fourth-order valence-corrected chi connectivity index (χ4v) is 3.19. The number of carbonyl (C=O) groups excluding carboxylic acids is 2. The number of likely N-dealkylation sites (N-methyl/N-ethyl adjacent to an activating group) is 1. The first kappa shape index (κ1) is 25.2. The zero-order valence-electron chi connectivity index (χ0n) is 18.8. The van der Waals surface area contributed by atoms with Gasteiger partial charge in [-0.2, -0.15) is 0 Å². The lowest BCUT2D eigenvalue weighted by molar-refractivity contribution is -0.123. The van der Waals surface area contributed by atoms with Crippen molar-refractivity contribution < 1.29 is 19.8 Å². The van der Waals surface area contributed by atoms with E-state index in [2.05, 4.69) is 10.6 Å². The molecular weight excluding hydrogens is 408 g/mol. The van der Waals surface area contributed by atoms with Gasteiger partial charge in [0.15, 0.2) is 0 Å². The molecule has 2 rings (SSSR count). The molecule has 0 aromatic heterocycles. The summed E-state index contributed by atoms with van der Waals surface area (Å²) in [4.78, 5) is 29.3. The molecule has 0 saturated heterocycles. The highest BCUT2D eigenvalue weighted by atomic mass is 16.3. The third-order valence-corrected chi connectivity index (χ3v) is 5.02. The highest BCUT2D eigenvalue weighted by Crippen LogP contribution is 2.12. The Morgan fingerprint density at radius 3 is 2.25 bits per heavy atom. The number of benzene rings is 2. The van der Waals surface area contributed by atoms with Crippen LogP contribution in [0.25, 0.3) is 0 Å². The number of carbonyl (C=O) groups is 2. The van der Waals surface area contributed by atoms with Crippen LogP contribution in [0.2, 0.25) is 0 Å². The minimum atomic E-state index is -0.785. The van der Waals surface area contributed by atoms with Crippen LogP contribution < -0.4 is 10.6 Å². The largest absolute Gasteiger partial charge is 0.508 e. The van der Waals surface area contributed by atoms with Crippen LogP contribution in [0.4, 0.5) is 4.79 Å². The Kier molecular flexibility index (Phi) is 10.5. The number of hydrogen-bond acceptors (Lipinski definition) is 5. The summed E-state index contributed by atoms with van der Waals surface area (Å²) in [7, 11) is 3.84. The molecule has 2 aromatic rings. The molecule has 1 unspecified atom stereocenters. The Balaban J connectivity index is 2.06. The van der Waals surface area contributed by atoms with Crippen LogP contribution in [0.3, 0.4) is 0 Å². The van der Waals surface area contributed by atoms with Gasteiger partial charge in [0.2, 0.25) is 5.91 Å². The van der Waals surface area contributed by atoms with Crippen molar-refractivity contribution in [1.29, 1.82) is 0 Å². The van der Waals surface area contributed by atoms with Gasteiger partial charge in [-0.1, -0.05) is 42.5 Å². The normalized spacial score (nSPS) is 11.8. The molecule has 3 amide bonds. The van der Waals surface area contributed by atoms with Gasteiger partial charge in [0, 0.05) is 32.6 Å². The molecular formula is C24H34N4O4. The summed E-state index contributed by atoms with van der Waals surface area (Å²) in [6, 6.07) is 15.2. The van der Waals surface area contributed by atoms with E-state index in [0.29, 0.717) is 26.1 Å². The lowest BCUT2D eigenvalue weighted by Crippen LogP contribution is -2.53. The molecule has 0 fully saturated rings. The molecule has 8 nitrogen and oxygen atoms in total. The molecule has 174 valence electrons. The van der Waals surface area contributed by atoms with Gasteiger partial charge in [-0.25, -0.2) is 4.79 Å². The maximum absolute atomic E-state index is 13.0. The van der Waals surface area contributed by atoms with E-state index < -0.39 is 12.1 Å². The zero-order valence-corrected chi connectivity index (χ0v) is 18.8. The van der Waals surface area contributed by atoms with Crippen LogP contribution >= 0.6 is 0 Å². The van der Waals surface area contributed by atoms with E-state index in [-0.39, 0.29) is 31.2 Å². The molecule has 4 N–H and O–H groups in total. The average Bonchev–Trinajstić information content (AvgIpc) is 2.78. The van der Waals surface area contributed by atoms with Gasteiger partial charge in [0.05, 0.1) is 6.61 Å². The van der Waals surface area contributed by atoms with E-state index in [0.717, 1.165) is 11.1 Å². The van der Waals surface area contributed by atoms with Crippen molar-refractivity contribution in [3.05, 3.63) is 65.7 Å². The molecule has 0 aliphatic carbocycles. The van der Waals surface area contributed by atoms with Crippen molar-refractivity contribution >= 4 is 11.9 Å². The summed E-state index contributed by atoms with van der Waals surface area (Å²) in [6.07, 6.45) is 0.928. The van der Waals surface area contributed by atoms with E-state index in [1.165, 1.54) is 4.90 Å². The maximum atomic E-state index is 13.0. The minimum Gasteiger partial charge on any atom is -0.508 e. The maximum Gasteiger partial charge on any atom is 0.318 e. The highest BCUT2D eigenvalue weighted by Gasteiger charge is 2.24. The van der Waals surface area contributed by atoms with Gasteiger partial charge >= 0.3 is 6.03 Å². The van der Waals surface area contributed by atoms with Crippen LogP contribution in [0.1, 0.15) is 11.1 Å². The Hall–Kier alpha value is -3.10. The summed E-state index contributed by atoms with van der Waals surface area (Å²) in [6.45, 7) is 1.57. The van der Waals surface area contributed by atoms with Crippen LogP contribution in [-0.4, -0.2) is 84.9 Å². The molecule has 0 aliphatic rings. The van der Waals surface area contributed by atoms with Crippen LogP contribution in [0, 0.1) is 0 Å². The molecule has 0 bridgehead atoms. The lowest BCUT2D eigenvalue weighted by atomic mass is 10.0. The highest BCUT2D eigenvalue weighted by molar-refractivity contribution is 5.87. The Labute approximate surface area is 189 Å². The van der Waals surface area contributed by atoms with E-state index in [1.807, 2.05) is 49.3 Å². The predicted molar refractivity (Wildman–Crippen MR) is 124 cm³/mol. The van der Waals surface area contributed by atoms with E-state index >= 15 is 0 Å². The number of phenols is 1. The second kappa shape index (κ2) is 13.3. The molecule has 1 atom stereocenters. The average molecular weight is 443 g/mol. The van der Waals surface area contributed by atoms with Crippen molar-refractivity contribution in [1.82, 2.24) is 20.4 Å². The smallest absolute Gasteiger partial charge is 0.318 e. The molecule has 0 aliphatic heterocycles. The number of amides is 3. The number of urea groups is 1. The quantitative estimate of drug-likeness (QED) is 0.396. The predicted octanol–water partition coefficient (Wildman–Crippen LogP) is 1.23. The first-order valence-corrected chi connectivity index (χ1v) is 10.8. The molecule has 0 heterocycles. The van der Waals surface area contributed by atoms with Crippen LogP contribution in [0.5, 0.6) is 5.75 Å². The number of aromatic hydroxyl groups is 1. The van der Waals surface area contributed by atoms with E-state index in [9.17, 15) is 19.8 Å². The van der Waals surface area contributed by atoms with Gasteiger partial charge in [-0.05, 0) is 43.8 Å². The molecule has 32 heavy (non-hydrogen) atoms. The van der Waals surface area contributed by atoms with Crippen LogP contribution in [-0.2, 0) is 17.6 Å². The zero-order chi connectivity index (χ0) is 23.3. The summed E-state index contributed by atoms with van der Waals surface area (Å²) in [5, 5.41) is 24.6. The number of nitrogens with one attached hydrogen (secondary N) is 2. The third-order valence-electron chi connectivity index (χ3n) is 5.02. The first-order valence-electron chi connectivity index (χ1n) is 10.8. The Morgan fingerprint density at radius 2 is 1.62 bits per heavy atom. The second-order valence-corrected chi connectivity index (χ2v) is 7.91. The number of nitrogens with zero attached hydrogens (tertiary/aromatic N) is 2. The first-order chi connectivity index (χ1) is 15.4. The second-order valence-electron chi connectivity index (χ2n) is 7.91. The topological polar surface area (TPSA) is 105 Å². The van der Waals surface area contributed by atoms with Crippen molar-refractivity contribution in [2.24, 2.45) is 0 Å². The van der Waals surface area contributed by atoms with Crippen molar-refractivity contribution in [3.8, 4) is 5.75 Å². The van der Waals surface area contributed by atoms with Crippen LogP contribution in [0.15, 0.2) is 54.6 Å². The number of aliphatic hydroxyl groups excluding tert-OH is 1. The summed E-state index contributed by atoms with van der Waals surface area (Å²) in [5.74, 6) is -0.139. The lowest BCUT2D eigenvalue weighted by Gasteiger charge is -2.26. The molecule has 0 radical (unpaired) electrons. The summed E-state index contributed by atoms with van der Waals surface area (Å²) in [5.41, 5.74) is 1.90. The van der Waals surface area contributed by atoms with Crippen molar-refractivity contribution in [2.75, 3.05) is 46.9 Å². The summed E-state index contributed by atoms with van der Waals surface area (Å²) < 4.78 is 0. The third kappa shape index (κ3) is 8.95. The fourth-order valence-electron chi connectivity index (χ4n) is 3.19. The van der Waals surface area contributed by atoms with Crippen molar-refractivity contribution in [3.63, 3.8) is 0 Å². The molecule has 8 heteroatoms. The van der Waals surface area contributed by atoms with Gasteiger partial charge in [0.25, 0.3) is 0 Å². The van der Waals surface area contributed by atoms with E-state index in [1.54, 1.807) is 24.3 Å².